The van der Waals surface area contributed by atoms with Crippen molar-refractivity contribution in [2.75, 3.05) is 11.9 Å². The quantitative estimate of drug-likeness (QED) is 0.502. The number of aromatic amines is 1. The number of rotatable bonds is 7. The van der Waals surface area contributed by atoms with Gasteiger partial charge in [-0.15, -0.1) is 0 Å². The third kappa shape index (κ3) is 5.31. The Balaban J connectivity index is 1.81. The van der Waals surface area contributed by atoms with E-state index in [1.54, 1.807) is 24.3 Å². The number of hydrogen-bond acceptors (Lipinski definition) is 4. The molecule has 0 aliphatic heterocycles. The van der Waals surface area contributed by atoms with Crippen LogP contribution in [0.15, 0.2) is 58.8 Å². The summed E-state index contributed by atoms with van der Waals surface area (Å²) in [5, 5.41) is 5.33. The average Bonchev–Trinajstić information content (AvgIpc) is 2.60. The van der Waals surface area contributed by atoms with Gasteiger partial charge < -0.3 is 15.2 Å². The molecule has 3 N–H and O–H groups in total. The number of aryl methyl sites for hydroxylation is 1. The maximum atomic E-state index is 12.0. The lowest BCUT2D eigenvalue weighted by Gasteiger charge is -2.07. The number of carbonyl (C=O) groups is 2. The van der Waals surface area contributed by atoms with Gasteiger partial charge in [0.2, 0.25) is 5.91 Å². The van der Waals surface area contributed by atoms with Crippen molar-refractivity contribution in [1.29, 1.82) is 0 Å². The van der Waals surface area contributed by atoms with Crippen LogP contribution in [0.4, 0.5) is 5.69 Å². The predicted molar refractivity (Wildman–Crippen MR) is 93.5 cm³/mol. The molecule has 0 aliphatic carbocycles. The van der Waals surface area contributed by atoms with Crippen LogP contribution in [0.25, 0.3) is 0 Å². The van der Waals surface area contributed by atoms with E-state index in [-0.39, 0.29) is 11.8 Å². The fraction of sp³-hybridized carbons (Fsp3) is 0.176. The molecule has 1 aromatic carbocycles. The Morgan fingerprint density at radius 3 is 2.52 bits per heavy atom. The predicted octanol–water partition coefficient (Wildman–Crippen LogP) is 0.481. The molecule has 130 valence electrons. The number of carbonyl (C=O) groups excluding carboxylic acids is 2. The van der Waals surface area contributed by atoms with Crippen molar-refractivity contribution >= 4 is 17.5 Å². The van der Waals surface area contributed by atoms with Crippen molar-refractivity contribution in [2.45, 2.75) is 13.0 Å². The van der Waals surface area contributed by atoms with Gasteiger partial charge in [0, 0.05) is 36.6 Å². The number of nitrogens with zero attached hydrogens (tertiary/aromatic N) is 1. The molecule has 1 aromatic heterocycles. The number of aromatic nitrogens is 2. The normalized spacial score (nSPS) is 10.1. The highest BCUT2D eigenvalue weighted by Crippen LogP contribution is 2.09. The van der Waals surface area contributed by atoms with E-state index in [1.165, 1.54) is 16.8 Å². The van der Waals surface area contributed by atoms with Gasteiger partial charge in [0.15, 0.2) is 0 Å². The van der Waals surface area contributed by atoms with E-state index in [0.29, 0.717) is 30.8 Å². The first kappa shape index (κ1) is 17.9. The molecule has 0 saturated heterocycles. The monoisotopic (exact) mass is 342 g/mol. The van der Waals surface area contributed by atoms with E-state index in [9.17, 15) is 19.2 Å². The van der Waals surface area contributed by atoms with Crippen LogP contribution in [0.1, 0.15) is 16.8 Å². The highest BCUT2D eigenvalue weighted by atomic mass is 16.2. The molecule has 8 nitrogen and oxygen atoms in total. The molecular formula is C17H18N4O4. The zero-order valence-corrected chi connectivity index (χ0v) is 13.5. The second kappa shape index (κ2) is 8.44. The Labute approximate surface area is 143 Å². The van der Waals surface area contributed by atoms with Gasteiger partial charge in [-0.3, -0.25) is 19.4 Å². The second-order valence-corrected chi connectivity index (χ2v) is 5.18. The van der Waals surface area contributed by atoms with Gasteiger partial charge in [-0.05, 0) is 36.8 Å². The van der Waals surface area contributed by atoms with E-state index in [2.05, 4.69) is 22.2 Å². The lowest BCUT2D eigenvalue weighted by molar-refractivity contribution is -0.111. The summed E-state index contributed by atoms with van der Waals surface area (Å²) >= 11 is 0. The maximum Gasteiger partial charge on any atom is 0.328 e. The summed E-state index contributed by atoms with van der Waals surface area (Å²) in [6.07, 6.45) is 3.11. The van der Waals surface area contributed by atoms with Crippen LogP contribution in [0.3, 0.4) is 0 Å². The number of nitrogens with one attached hydrogen (secondary N) is 3. The lowest BCUT2D eigenvalue weighted by atomic mass is 10.2. The van der Waals surface area contributed by atoms with Crippen molar-refractivity contribution in [3.05, 3.63) is 75.6 Å². The van der Waals surface area contributed by atoms with Crippen molar-refractivity contribution in [1.82, 2.24) is 14.9 Å². The molecule has 0 bridgehead atoms. The van der Waals surface area contributed by atoms with E-state index >= 15 is 0 Å². The topological polar surface area (TPSA) is 113 Å². The van der Waals surface area contributed by atoms with Crippen molar-refractivity contribution in [2.24, 2.45) is 0 Å². The van der Waals surface area contributed by atoms with Crippen LogP contribution in [-0.4, -0.2) is 27.9 Å². The zero-order valence-electron chi connectivity index (χ0n) is 13.5. The summed E-state index contributed by atoms with van der Waals surface area (Å²) < 4.78 is 1.37. The number of H-pyrrole nitrogens is 1. The summed E-state index contributed by atoms with van der Waals surface area (Å²) in [6, 6.07) is 7.71. The van der Waals surface area contributed by atoms with Crippen molar-refractivity contribution in [3.63, 3.8) is 0 Å². The van der Waals surface area contributed by atoms with Crippen molar-refractivity contribution in [3.8, 4) is 0 Å². The molecule has 2 rings (SSSR count). The first-order valence-corrected chi connectivity index (χ1v) is 7.61. The van der Waals surface area contributed by atoms with Crippen LogP contribution < -0.4 is 21.9 Å². The standard InChI is InChI=1S/C17H18N4O4/c1-2-14(22)19-13-6-4-12(5-7-13)16(24)18-9-3-10-21-11-8-15(23)20-17(21)25/h2,4-8,11H,1,3,9-10H2,(H,18,24)(H,19,22)(H,20,23,25). The Hall–Kier alpha value is -3.42. The van der Waals surface area contributed by atoms with Gasteiger partial charge >= 0.3 is 5.69 Å². The fourth-order valence-corrected chi connectivity index (χ4v) is 2.07. The van der Waals surface area contributed by atoms with Gasteiger partial charge in [-0.1, -0.05) is 6.58 Å². The molecule has 0 fully saturated rings. The van der Waals surface area contributed by atoms with Gasteiger partial charge in [-0.2, -0.15) is 0 Å². The first-order valence-electron chi connectivity index (χ1n) is 7.61. The Morgan fingerprint density at radius 2 is 1.88 bits per heavy atom. The third-order valence-corrected chi connectivity index (χ3v) is 3.36. The molecule has 1 heterocycles. The Kier molecular flexibility index (Phi) is 6.05. The smallest absolute Gasteiger partial charge is 0.328 e. The molecule has 0 saturated carbocycles. The number of benzene rings is 1. The molecule has 8 heteroatoms. The minimum absolute atomic E-state index is 0.254. The first-order chi connectivity index (χ1) is 12.0. The summed E-state index contributed by atoms with van der Waals surface area (Å²) in [4.78, 5) is 47.8. The molecule has 25 heavy (non-hydrogen) atoms. The molecule has 2 aromatic rings. The van der Waals surface area contributed by atoms with Crippen LogP contribution in [0.5, 0.6) is 0 Å². The number of hydrogen-bond donors (Lipinski definition) is 3. The van der Waals surface area contributed by atoms with Crippen molar-refractivity contribution < 1.29 is 9.59 Å². The van der Waals surface area contributed by atoms with Gasteiger partial charge in [0.25, 0.3) is 11.5 Å². The highest BCUT2D eigenvalue weighted by Gasteiger charge is 2.05. The molecule has 0 aliphatic rings. The molecule has 0 atom stereocenters. The average molecular weight is 342 g/mol. The van der Waals surface area contributed by atoms with Crippen LogP contribution in [0, 0.1) is 0 Å². The molecule has 2 amide bonds. The van der Waals surface area contributed by atoms with Gasteiger partial charge in [0.1, 0.15) is 0 Å². The van der Waals surface area contributed by atoms with Gasteiger partial charge in [0.05, 0.1) is 0 Å². The Morgan fingerprint density at radius 1 is 1.16 bits per heavy atom. The Bertz CT molecular complexity index is 881. The van der Waals surface area contributed by atoms with E-state index in [1.807, 2.05) is 0 Å². The van der Waals surface area contributed by atoms with Crippen LogP contribution in [0.2, 0.25) is 0 Å². The summed E-state index contributed by atoms with van der Waals surface area (Å²) in [5.74, 6) is -0.579. The third-order valence-electron chi connectivity index (χ3n) is 3.36. The highest BCUT2D eigenvalue weighted by molar-refractivity contribution is 5.99. The summed E-state index contributed by atoms with van der Waals surface area (Å²) in [5.41, 5.74) is 0.106. The van der Waals surface area contributed by atoms with E-state index in [4.69, 9.17) is 0 Å². The number of anilines is 1. The lowest BCUT2D eigenvalue weighted by Crippen LogP contribution is -2.30. The largest absolute Gasteiger partial charge is 0.352 e. The molecule has 0 unspecified atom stereocenters. The minimum Gasteiger partial charge on any atom is -0.352 e. The fourth-order valence-electron chi connectivity index (χ4n) is 2.07. The van der Waals surface area contributed by atoms with E-state index < -0.39 is 11.2 Å². The zero-order chi connectivity index (χ0) is 18.2. The second-order valence-electron chi connectivity index (χ2n) is 5.18. The number of amides is 2. The van der Waals surface area contributed by atoms with Crippen LogP contribution >= 0.6 is 0 Å². The summed E-state index contributed by atoms with van der Waals surface area (Å²) in [6.45, 7) is 4.11. The molecule has 0 spiro atoms. The SMILES string of the molecule is C=CC(=O)Nc1ccc(C(=O)NCCCn2ccc(=O)[nH]c2=O)cc1. The summed E-state index contributed by atoms with van der Waals surface area (Å²) in [7, 11) is 0. The van der Waals surface area contributed by atoms with Crippen LogP contribution in [-0.2, 0) is 11.3 Å². The molecule has 0 radical (unpaired) electrons. The molecular weight excluding hydrogens is 324 g/mol. The minimum atomic E-state index is -0.476. The maximum absolute atomic E-state index is 12.0. The van der Waals surface area contributed by atoms with Gasteiger partial charge in [-0.25, -0.2) is 4.79 Å². The van der Waals surface area contributed by atoms with E-state index in [0.717, 1.165) is 6.08 Å².